The van der Waals surface area contributed by atoms with Crippen LogP contribution in [0.1, 0.15) is 23.3 Å². The molecular formula is C15H17F3N2S. The number of hydrogen-bond donors (Lipinski definition) is 1. The van der Waals surface area contributed by atoms with Crippen molar-refractivity contribution in [2.24, 2.45) is 0 Å². The first-order valence-corrected chi connectivity index (χ1v) is 7.57. The van der Waals surface area contributed by atoms with Crippen molar-refractivity contribution in [3.05, 3.63) is 52.5 Å². The Morgan fingerprint density at radius 3 is 2.52 bits per heavy atom. The number of hydrogen-bond acceptors (Lipinski definition) is 3. The van der Waals surface area contributed by atoms with E-state index in [0.29, 0.717) is 12.1 Å². The Balaban J connectivity index is 1.97. The Bertz CT molecular complexity index is 526. The molecule has 0 aliphatic rings. The average Bonchev–Trinajstić information content (AvgIpc) is 2.97. The predicted molar refractivity (Wildman–Crippen MR) is 78.5 cm³/mol. The largest absolute Gasteiger partial charge is 0.404 e. The lowest BCUT2D eigenvalue weighted by Crippen LogP contribution is -2.45. The second kappa shape index (κ2) is 7.04. The molecule has 0 aromatic carbocycles. The van der Waals surface area contributed by atoms with Crippen molar-refractivity contribution in [2.45, 2.75) is 31.5 Å². The molecule has 21 heavy (non-hydrogen) atoms. The Hall–Kier alpha value is -1.40. The van der Waals surface area contributed by atoms with E-state index in [1.54, 1.807) is 23.5 Å². The van der Waals surface area contributed by atoms with Crippen molar-refractivity contribution in [1.29, 1.82) is 0 Å². The predicted octanol–water partition coefficient (Wildman–Crippen LogP) is 4.01. The molecular weight excluding hydrogens is 297 g/mol. The molecule has 0 aliphatic carbocycles. The van der Waals surface area contributed by atoms with Crippen LogP contribution in [-0.4, -0.2) is 23.7 Å². The van der Waals surface area contributed by atoms with E-state index in [1.165, 1.54) is 12.4 Å². The quantitative estimate of drug-likeness (QED) is 0.871. The molecule has 0 saturated heterocycles. The average molecular weight is 314 g/mol. The maximum atomic E-state index is 13.1. The summed E-state index contributed by atoms with van der Waals surface area (Å²) in [6, 6.07) is 5.55. The van der Waals surface area contributed by atoms with Gasteiger partial charge in [-0.25, -0.2) is 0 Å². The zero-order chi connectivity index (χ0) is 15.3. The fourth-order valence-electron chi connectivity index (χ4n) is 2.05. The van der Waals surface area contributed by atoms with Crippen LogP contribution < -0.4 is 5.32 Å². The van der Waals surface area contributed by atoms with Crippen LogP contribution >= 0.6 is 11.3 Å². The summed E-state index contributed by atoms with van der Waals surface area (Å²) in [4.78, 5) is 4.91. The summed E-state index contributed by atoms with van der Waals surface area (Å²) in [7, 11) is 0. The van der Waals surface area contributed by atoms with Crippen LogP contribution in [0.2, 0.25) is 0 Å². The van der Waals surface area contributed by atoms with Gasteiger partial charge in [0.1, 0.15) is 6.04 Å². The molecule has 0 saturated carbocycles. The van der Waals surface area contributed by atoms with Gasteiger partial charge in [0.25, 0.3) is 0 Å². The normalized spacial score (nSPS) is 14.9. The molecule has 6 heteroatoms. The number of thiophene rings is 1. The summed E-state index contributed by atoms with van der Waals surface area (Å²) in [5.74, 6) is 0.0623. The highest BCUT2D eigenvalue weighted by Crippen LogP contribution is 2.25. The number of rotatable bonds is 6. The van der Waals surface area contributed by atoms with Crippen LogP contribution in [0.25, 0.3) is 0 Å². The molecule has 2 aromatic rings. The van der Waals surface area contributed by atoms with E-state index in [1.807, 2.05) is 24.4 Å². The number of pyridine rings is 1. The highest BCUT2D eigenvalue weighted by atomic mass is 32.1. The maximum absolute atomic E-state index is 13.1. The zero-order valence-corrected chi connectivity index (χ0v) is 12.4. The molecule has 0 amide bonds. The van der Waals surface area contributed by atoms with Gasteiger partial charge in [-0.2, -0.15) is 13.2 Å². The van der Waals surface area contributed by atoms with E-state index in [4.69, 9.17) is 0 Å². The van der Waals surface area contributed by atoms with Gasteiger partial charge in [0, 0.05) is 29.7 Å². The van der Waals surface area contributed by atoms with Crippen LogP contribution in [-0.2, 0) is 6.42 Å². The summed E-state index contributed by atoms with van der Waals surface area (Å²) in [6.07, 6.45) is -1.32. The van der Waals surface area contributed by atoms with Crippen LogP contribution in [0.3, 0.4) is 0 Å². The van der Waals surface area contributed by atoms with Crippen LogP contribution in [0.4, 0.5) is 13.2 Å². The monoisotopic (exact) mass is 314 g/mol. The molecule has 0 spiro atoms. The Morgan fingerprint density at radius 1 is 1.24 bits per heavy atom. The molecule has 0 unspecified atom stereocenters. The minimum absolute atomic E-state index is 0.0623. The smallest absolute Gasteiger partial charge is 0.305 e. The molecule has 2 atom stereocenters. The number of alkyl halides is 3. The van der Waals surface area contributed by atoms with Gasteiger partial charge in [0.2, 0.25) is 0 Å². The first-order chi connectivity index (χ1) is 9.97. The van der Waals surface area contributed by atoms with Crippen molar-refractivity contribution >= 4 is 11.3 Å². The number of nitrogens with one attached hydrogen (secondary N) is 1. The highest BCUT2D eigenvalue weighted by Gasteiger charge is 2.39. The first-order valence-electron chi connectivity index (χ1n) is 6.69. The SMILES string of the molecule is C[C@H](CN[C@H](Cc1ccncc1)C(F)(F)F)c1cccs1. The summed E-state index contributed by atoms with van der Waals surface area (Å²) >= 11 is 1.56. The van der Waals surface area contributed by atoms with Gasteiger partial charge in [-0.3, -0.25) is 4.98 Å². The second-order valence-electron chi connectivity index (χ2n) is 4.98. The minimum Gasteiger partial charge on any atom is -0.305 e. The maximum Gasteiger partial charge on any atom is 0.404 e. The van der Waals surface area contributed by atoms with E-state index >= 15 is 0 Å². The molecule has 1 N–H and O–H groups in total. The lowest BCUT2D eigenvalue weighted by Gasteiger charge is -2.23. The molecule has 2 nitrogen and oxygen atoms in total. The van der Waals surface area contributed by atoms with Crippen LogP contribution in [0.5, 0.6) is 0 Å². The van der Waals surface area contributed by atoms with Crippen molar-refractivity contribution in [2.75, 3.05) is 6.54 Å². The van der Waals surface area contributed by atoms with Crippen molar-refractivity contribution in [3.63, 3.8) is 0 Å². The van der Waals surface area contributed by atoms with E-state index in [2.05, 4.69) is 10.3 Å². The standard InChI is InChI=1S/C15H17F3N2S/c1-11(13-3-2-8-21-13)10-20-14(15(16,17)18)9-12-4-6-19-7-5-12/h2-8,11,14,20H,9-10H2,1H3/t11-,14-/m1/s1. The molecule has 2 aromatic heterocycles. The number of halogens is 3. The molecule has 0 fully saturated rings. The van der Waals surface area contributed by atoms with Gasteiger partial charge in [0.15, 0.2) is 0 Å². The van der Waals surface area contributed by atoms with Gasteiger partial charge < -0.3 is 5.32 Å². The number of nitrogens with zero attached hydrogens (tertiary/aromatic N) is 1. The fourth-order valence-corrected chi connectivity index (χ4v) is 2.84. The van der Waals surface area contributed by atoms with Gasteiger partial charge >= 0.3 is 6.18 Å². The Kier molecular flexibility index (Phi) is 5.36. The van der Waals surface area contributed by atoms with Gasteiger partial charge in [-0.1, -0.05) is 13.0 Å². The van der Waals surface area contributed by atoms with Gasteiger partial charge in [-0.05, 0) is 35.6 Å². The van der Waals surface area contributed by atoms with E-state index in [9.17, 15) is 13.2 Å². The highest BCUT2D eigenvalue weighted by molar-refractivity contribution is 7.10. The van der Waals surface area contributed by atoms with Crippen LogP contribution in [0, 0.1) is 0 Å². The molecule has 0 bridgehead atoms. The molecule has 0 aliphatic heterocycles. The van der Waals surface area contributed by atoms with E-state index < -0.39 is 12.2 Å². The van der Waals surface area contributed by atoms with Crippen molar-refractivity contribution in [3.8, 4) is 0 Å². The first kappa shape index (κ1) is 16.0. The van der Waals surface area contributed by atoms with E-state index in [0.717, 1.165) is 4.88 Å². The Morgan fingerprint density at radius 2 is 1.95 bits per heavy atom. The summed E-state index contributed by atoms with van der Waals surface area (Å²) in [6.45, 7) is 2.23. The molecule has 114 valence electrons. The van der Waals surface area contributed by atoms with E-state index in [-0.39, 0.29) is 12.3 Å². The molecule has 2 heterocycles. The van der Waals surface area contributed by atoms with Crippen LogP contribution in [0.15, 0.2) is 42.0 Å². The zero-order valence-electron chi connectivity index (χ0n) is 11.6. The third kappa shape index (κ3) is 4.82. The third-order valence-electron chi connectivity index (χ3n) is 3.28. The summed E-state index contributed by atoms with van der Waals surface area (Å²) < 4.78 is 39.4. The topological polar surface area (TPSA) is 24.9 Å². The Labute approximate surface area is 126 Å². The summed E-state index contributed by atoms with van der Waals surface area (Å²) in [5.41, 5.74) is 0.628. The molecule has 0 radical (unpaired) electrons. The van der Waals surface area contributed by atoms with Crippen molar-refractivity contribution in [1.82, 2.24) is 10.3 Å². The van der Waals surface area contributed by atoms with Gasteiger partial charge in [-0.15, -0.1) is 11.3 Å². The second-order valence-corrected chi connectivity index (χ2v) is 5.96. The number of aromatic nitrogens is 1. The fraction of sp³-hybridized carbons (Fsp3) is 0.400. The lowest BCUT2D eigenvalue weighted by atomic mass is 10.1. The minimum atomic E-state index is -4.27. The molecule has 2 rings (SSSR count). The summed E-state index contributed by atoms with van der Waals surface area (Å²) in [5, 5.41) is 4.59. The third-order valence-corrected chi connectivity index (χ3v) is 4.39. The van der Waals surface area contributed by atoms with Gasteiger partial charge in [0.05, 0.1) is 0 Å². The lowest BCUT2D eigenvalue weighted by molar-refractivity contribution is -0.155. The van der Waals surface area contributed by atoms with Crippen molar-refractivity contribution < 1.29 is 13.2 Å².